The van der Waals surface area contributed by atoms with Crippen LogP contribution in [0.25, 0.3) is 0 Å². The fourth-order valence-electron chi connectivity index (χ4n) is 5.72. The van der Waals surface area contributed by atoms with E-state index in [9.17, 15) is 14.4 Å². The summed E-state index contributed by atoms with van der Waals surface area (Å²) in [4.78, 5) is 42.6. The van der Waals surface area contributed by atoms with Crippen LogP contribution in [0, 0.1) is 11.3 Å². The largest absolute Gasteiger partial charge is 0.332 e. The molecule has 1 saturated heterocycles. The van der Waals surface area contributed by atoms with Gasteiger partial charge in [0.25, 0.3) is 5.91 Å². The van der Waals surface area contributed by atoms with Crippen molar-refractivity contribution >= 4 is 17.8 Å². The maximum absolute atomic E-state index is 13.5. The molecular weight excluding hydrogens is 414 g/mol. The third kappa shape index (κ3) is 5.10. The molecule has 2 atom stereocenters. The van der Waals surface area contributed by atoms with Gasteiger partial charge >= 0.3 is 6.03 Å². The fraction of sp³-hybridized carbons (Fsp3) is 0.444. The van der Waals surface area contributed by atoms with E-state index in [1.807, 2.05) is 60.7 Å². The molecule has 33 heavy (non-hydrogen) atoms. The molecule has 1 heterocycles. The Hall–Kier alpha value is -3.15. The third-order valence-corrected chi connectivity index (χ3v) is 6.70. The fourth-order valence-corrected chi connectivity index (χ4v) is 5.72. The first kappa shape index (κ1) is 23.0. The Morgan fingerprint density at radius 1 is 0.970 bits per heavy atom. The number of nitrogens with one attached hydrogen (secondary N) is 1. The Bertz CT molecular complexity index is 980. The summed E-state index contributed by atoms with van der Waals surface area (Å²) in [7, 11) is 0. The van der Waals surface area contributed by atoms with Gasteiger partial charge in [0.1, 0.15) is 12.1 Å². The second kappa shape index (κ2) is 9.00. The summed E-state index contributed by atoms with van der Waals surface area (Å²) in [6, 6.07) is 19.1. The Labute approximate surface area is 196 Å². The van der Waals surface area contributed by atoms with Crippen LogP contribution in [0.3, 0.4) is 0 Å². The first-order chi connectivity index (χ1) is 15.7. The number of imide groups is 1. The van der Waals surface area contributed by atoms with Crippen molar-refractivity contribution in [3.63, 3.8) is 0 Å². The molecule has 1 saturated carbocycles. The molecule has 2 aliphatic rings. The summed E-state index contributed by atoms with van der Waals surface area (Å²) >= 11 is 0. The molecule has 1 aliphatic heterocycles. The molecule has 0 bridgehead atoms. The minimum Gasteiger partial charge on any atom is -0.332 e. The number of carbonyl (C=O) groups is 3. The van der Waals surface area contributed by atoms with Gasteiger partial charge in [-0.3, -0.25) is 14.5 Å². The van der Waals surface area contributed by atoms with Crippen molar-refractivity contribution in [3.05, 3.63) is 71.8 Å². The van der Waals surface area contributed by atoms with E-state index in [1.165, 1.54) is 0 Å². The maximum atomic E-state index is 13.5. The first-order valence-electron chi connectivity index (χ1n) is 11.7. The quantitative estimate of drug-likeness (QED) is 0.669. The summed E-state index contributed by atoms with van der Waals surface area (Å²) in [6.07, 6.45) is 2.22. The molecule has 4 amide bonds. The summed E-state index contributed by atoms with van der Waals surface area (Å²) < 4.78 is 0. The monoisotopic (exact) mass is 447 g/mol. The van der Waals surface area contributed by atoms with Crippen LogP contribution in [0.2, 0.25) is 0 Å². The normalized spacial score (nSPS) is 24.1. The minimum atomic E-state index is -0.901. The predicted molar refractivity (Wildman–Crippen MR) is 127 cm³/mol. The van der Waals surface area contributed by atoms with Gasteiger partial charge in [-0.25, -0.2) is 4.79 Å². The Balaban J connectivity index is 1.53. The van der Waals surface area contributed by atoms with Crippen LogP contribution in [0.4, 0.5) is 4.79 Å². The van der Waals surface area contributed by atoms with Crippen molar-refractivity contribution < 1.29 is 14.4 Å². The van der Waals surface area contributed by atoms with Crippen LogP contribution in [-0.2, 0) is 22.7 Å². The van der Waals surface area contributed by atoms with Gasteiger partial charge < -0.3 is 10.2 Å². The molecule has 6 nitrogen and oxygen atoms in total. The third-order valence-electron chi connectivity index (χ3n) is 6.70. The molecule has 174 valence electrons. The first-order valence-corrected chi connectivity index (χ1v) is 11.7. The van der Waals surface area contributed by atoms with Gasteiger partial charge in [-0.2, -0.15) is 0 Å². The molecule has 4 rings (SSSR count). The average molecular weight is 448 g/mol. The Kier molecular flexibility index (Phi) is 6.28. The van der Waals surface area contributed by atoms with Crippen LogP contribution in [-0.4, -0.2) is 39.7 Å². The van der Waals surface area contributed by atoms with Crippen molar-refractivity contribution in [3.8, 4) is 0 Å². The van der Waals surface area contributed by atoms with Crippen LogP contribution < -0.4 is 5.32 Å². The summed E-state index contributed by atoms with van der Waals surface area (Å²) in [6.45, 7) is 6.97. The zero-order valence-corrected chi connectivity index (χ0v) is 19.7. The molecular formula is C27H33N3O3. The second-order valence-electron chi connectivity index (χ2n) is 10.5. The zero-order valence-electron chi connectivity index (χ0n) is 19.7. The summed E-state index contributed by atoms with van der Waals surface area (Å²) in [5, 5.41) is 2.97. The Morgan fingerprint density at radius 3 is 2.03 bits per heavy atom. The molecule has 2 fully saturated rings. The molecule has 1 N–H and O–H groups in total. The number of hydrogen-bond acceptors (Lipinski definition) is 3. The molecule has 1 aliphatic carbocycles. The van der Waals surface area contributed by atoms with Gasteiger partial charge in [-0.15, -0.1) is 0 Å². The lowest BCUT2D eigenvalue weighted by atomic mass is 9.64. The lowest BCUT2D eigenvalue weighted by Crippen LogP contribution is -2.54. The highest BCUT2D eigenvalue weighted by Crippen LogP contribution is 2.46. The standard InChI is InChI=1S/C27H33N3O3/c1-20-14-26(2,3)19-27(15-20)24(32)30(25(33)28-27)18-23(31)29(16-21-10-6-4-7-11-21)17-22-12-8-5-9-13-22/h4-13,20H,14-19H2,1-3H3,(H,28,33). The van der Waals surface area contributed by atoms with Crippen LogP contribution in [0.15, 0.2) is 60.7 Å². The smallest absolute Gasteiger partial charge is 0.325 e. The number of urea groups is 1. The van der Waals surface area contributed by atoms with E-state index in [1.54, 1.807) is 4.90 Å². The van der Waals surface area contributed by atoms with Gasteiger partial charge in [0.2, 0.25) is 5.91 Å². The summed E-state index contributed by atoms with van der Waals surface area (Å²) in [5.41, 5.74) is 1.05. The van der Waals surface area contributed by atoms with Crippen molar-refractivity contribution in [2.45, 2.75) is 58.7 Å². The van der Waals surface area contributed by atoms with E-state index in [0.717, 1.165) is 22.4 Å². The molecule has 2 unspecified atom stereocenters. The van der Waals surface area contributed by atoms with Gasteiger partial charge in [-0.1, -0.05) is 81.4 Å². The van der Waals surface area contributed by atoms with E-state index < -0.39 is 11.6 Å². The van der Waals surface area contributed by atoms with E-state index in [2.05, 4.69) is 26.1 Å². The molecule has 0 radical (unpaired) electrons. The molecule has 0 aromatic heterocycles. The van der Waals surface area contributed by atoms with Gasteiger partial charge in [-0.05, 0) is 41.7 Å². The van der Waals surface area contributed by atoms with E-state index in [-0.39, 0.29) is 23.8 Å². The number of nitrogens with zero attached hydrogens (tertiary/aromatic N) is 2. The highest BCUT2D eigenvalue weighted by molar-refractivity contribution is 6.09. The van der Waals surface area contributed by atoms with Crippen LogP contribution in [0.1, 0.15) is 51.2 Å². The zero-order chi connectivity index (χ0) is 23.6. The number of hydrogen-bond donors (Lipinski definition) is 1. The number of carbonyl (C=O) groups excluding carboxylic acids is 3. The van der Waals surface area contributed by atoms with E-state index in [4.69, 9.17) is 0 Å². The molecule has 2 aromatic rings. The summed E-state index contributed by atoms with van der Waals surface area (Å²) in [5.74, 6) is -0.187. The van der Waals surface area contributed by atoms with Crippen molar-refractivity contribution in [1.29, 1.82) is 0 Å². The van der Waals surface area contributed by atoms with Gasteiger partial charge in [0, 0.05) is 13.1 Å². The lowest BCUT2D eigenvalue weighted by Gasteiger charge is -2.43. The SMILES string of the molecule is CC1CC(C)(C)CC2(C1)NC(=O)N(CC(=O)N(Cc1ccccc1)Cc1ccccc1)C2=O. The van der Waals surface area contributed by atoms with Crippen molar-refractivity contribution in [2.75, 3.05) is 6.54 Å². The Morgan fingerprint density at radius 2 is 1.52 bits per heavy atom. The van der Waals surface area contributed by atoms with E-state index in [0.29, 0.717) is 31.8 Å². The van der Waals surface area contributed by atoms with Crippen molar-refractivity contribution in [1.82, 2.24) is 15.1 Å². The van der Waals surface area contributed by atoms with Gasteiger partial charge in [0.15, 0.2) is 0 Å². The van der Waals surface area contributed by atoms with Gasteiger partial charge in [0.05, 0.1) is 0 Å². The average Bonchev–Trinajstić information content (AvgIpc) is 2.96. The number of rotatable bonds is 6. The maximum Gasteiger partial charge on any atom is 0.325 e. The predicted octanol–water partition coefficient (Wildman–Crippen LogP) is 4.35. The highest BCUT2D eigenvalue weighted by atomic mass is 16.2. The highest BCUT2D eigenvalue weighted by Gasteiger charge is 2.56. The molecule has 2 aromatic carbocycles. The molecule has 6 heteroatoms. The lowest BCUT2D eigenvalue weighted by molar-refractivity contribution is -0.141. The minimum absolute atomic E-state index is 0.0483. The van der Waals surface area contributed by atoms with E-state index >= 15 is 0 Å². The van der Waals surface area contributed by atoms with Crippen LogP contribution in [0.5, 0.6) is 0 Å². The van der Waals surface area contributed by atoms with Crippen molar-refractivity contribution in [2.24, 2.45) is 11.3 Å². The second-order valence-corrected chi connectivity index (χ2v) is 10.5. The topological polar surface area (TPSA) is 69.7 Å². The number of amides is 4. The number of benzene rings is 2. The molecule has 1 spiro atoms. The van der Waals surface area contributed by atoms with Crippen LogP contribution >= 0.6 is 0 Å².